The molecular weight excluding hydrogens is 521 g/mol. The number of amidine groups is 1. The summed E-state index contributed by atoms with van der Waals surface area (Å²) < 4.78 is 41.7. The van der Waals surface area contributed by atoms with Gasteiger partial charge >= 0.3 is 6.09 Å². The van der Waals surface area contributed by atoms with E-state index >= 15 is 8.78 Å². The molecule has 1 aliphatic carbocycles. The molecule has 2 N–H and O–H groups in total. The second-order valence-electron chi connectivity index (χ2n) is 12.1. The van der Waals surface area contributed by atoms with E-state index in [1.165, 1.54) is 34.9 Å². The normalized spacial score (nSPS) is 29.3. The lowest BCUT2D eigenvalue weighted by atomic mass is 9.84. The average Bonchev–Trinajstić information content (AvgIpc) is 3.22. The Bertz CT molecular complexity index is 1050. The van der Waals surface area contributed by atoms with E-state index in [1.54, 1.807) is 32.5 Å². The SMILES string of the molecule is CC(C)(C)OC(=O)N(COCC[Si](C)(C)C)C1=N[C@](CF)(c2cc(N)ccc2F)C2[C@H]3CSC[C@@]23S1. The van der Waals surface area contributed by atoms with Gasteiger partial charge in [0.2, 0.25) is 0 Å². The first-order valence-corrected chi connectivity index (χ1v) is 18.0. The van der Waals surface area contributed by atoms with Gasteiger partial charge in [0.1, 0.15) is 30.4 Å². The number of nitrogens with zero attached hydrogens (tertiary/aromatic N) is 2. The van der Waals surface area contributed by atoms with E-state index in [2.05, 4.69) is 19.6 Å². The first-order chi connectivity index (χ1) is 16.7. The van der Waals surface area contributed by atoms with Crippen LogP contribution in [0.2, 0.25) is 25.7 Å². The molecule has 200 valence electrons. The Kier molecular flexibility index (Phi) is 7.53. The van der Waals surface area contributed by atoms with Crippen LogP contribution in [0, 0.1) is 17.7 Å². The summed E-state index contributed by atoms with van der Waals surface area (Å²) in [6.07, 6.45) is -0.611. The summed E-state index contributed by atoms with van der Waals surface area (Å²) in [5, 5.41) is 0.318. The molecule has 1 amide bonds. The number of ether oxygens (including phenoxy) is 2. The Hall–Kier alpha value is -1.30. The molecule has 0 bridgehead atoms. The fourth-order valence-electron chi connectivity index (χ4n) is 5.05. The maximum Gasteiger partial charge on any atom is 0.418 e. The number of carbonyl (C=O) groups excluding carboxylic acids is 1. The van der Waals surface area contributed by atoms with Gasteiger partial charge in [-0.25, -0.2) is 23.5 Å². The minimum absolute atomic E-state index is 0.0639. The van der Waals surface area contributed by atoms with Crippen LogP contribution in [0.15, 0.2) is 23.2 Å². The predicted molar refractivity (Wildman–Crippen MR) is 148 cm³/mol. The molecule has 1 aromatic carbocycles. The van der Waals surface area contributed by atoms with Gasteiger partial charge in [-0.1, -0.05) is 31.4 Å². The number of anilines is 1. The number of hydrogen-bond acceptors (Lipinski definition) is 7. The number of hydrogen-bond donors (Lipinski definition) is 1. The Labute approximate surface area is 222 Å². The third-order valence-corrected chi connectivity index (χ3v) is 11.6. The highest BCUT2D eigenvalue weighted by Gasteiger charge is 2.77. The van der Waals surface area contributed by atoms with Gasteiger partial charge in [-0.3, -0.25) is 0 Å². The summed E-state index contributed by atoms with van der Waals surface area (Å²) in [7, 11) is -1.34. The van der Waals surface area contributed by atoms with Crippen LogP contribution in [0.5, 0.6) is 0 Å². The fourth-order valence-corrected chi connectivity index (χ4v) is 9.55. The highest BCUT2D eigenvalue weighted by molar-refractivity contribution is 8.16. The minimum atomic E-state index is -1.45. The van der Waals surface area contributed by atoms with E-state index in [9.17, 15) is 4.79 Å². The van der Waals surface area contributed by atoms with E-state index < -0.39 is 37.8 Å². The standard InChI is InChI=1S/C25H37F2N3O3S2Si/c1-23(2,3)33-22(31)30(15-32-9-10-36(4,5)6)21-29-24(13-26,17-11-16(28)7-8-19(17)27)20-18-12-34-14-25(18,20)35-21/h7-8,11,18,20H,9-10,12-15,28H2,1-6H3/t18-,20?,24-,25+/m1/s1. The molecule has 4 rings (SSSR count). The van der Waals surface area contributed by atoms with Crippen molar-refractivity contribution in [3.8, 4) is 0 Å². The summed E-state index contributed by atoms with van der Waals surface area (Å²) >= 11 is 3.29. The number of amides is 1. The van der Waals surface area contributed by atoms with E-state index in [4.69, 9.17) is 20.2 Å². The van der Waals surface area contributed by atoms with Gasteiger partial charge < -0.3 is 15.2 Å². The van der Waals surface area contributed by atoms with Gasteiger partial charge in [0.15, 0.2) is 5.17 Å². The Balaban J connectivity index is 1.74. The molecule has 6 nitrogen and oxygen atoms in total. The van der Waals surface area contributed by atoms with Crippen LogP contribution in [-0.4, -0.2) is 66.1 Å². The van der Waals surface area contributed by atoms with Crippen molar-refractivity contribution >= 4 is 48.5 Å². The number of aliphatic imine (C=N–C) groups is 1. The van der Waals surface area contributed by atoms with E-state index in [0.717, 1.165) is 17.5 Å². The number of halogens is 2. The number of thioether (sulfide) groups is 2. The third-order valence-electron chi connectivity index (χ3n) is 6.89. The number of nitrogen functional groups attached to an aromatic ring is 1. The Morgan fingerprint density at radius 1 is 1.33 bits per heavy atom. The molecule has 0 aromatic heterocycles. The van der Waals surface area contributed by atoms with Crippen molar-refractivity contribution in [1.29, 1.82) is 0 Å². The molecule has 2 heterocycles. The molecule has 1 saturated carbocycles. The molecule has 2 fully saturated rings. The van der Waals surface area contributed by atoms with Crippen LogP contribution in [-0.2, 0) is 15.0 Å². The number of benzene rings is 1. The Morgan fingerprint density at radius 2 is 2.06 bits per heavy atom. The van der Waals surface area contributed by atoms with Crippen LogP contribution in [0.4, 0.5) is 19.3 Å². The molecule has 1 unspecified atom stereocenters. The van der Waals surface area contributed by atoms with Crippen molar-refractivity contribution in [1.82, 2.24) is 4.90 Å². The molecule has 3 aliphatic rings. The van der Waals surface area contributed by atoms with Gasteiger partial charge in [-0.2, -0.15) is 11.8 Å². The number of fused-ring (bicyclic) bond motifs is 1. The van der Waals surface area contributed by atoms with Crippen molar-refractivity contribution in [2.24, 2.45) is 16.8 Å². The van der Waals surface area contributed by atoms with Crippen molar-refractivity contribution in [2.75, 3.05) is 37.3 Å². The minimum Gasteiger partial charge on any atom is -0.443 e. The molecular formula is C25H37F2N3O3S2Si. The molecule has 4 atom stereocenters. The van der Waals surface area contributed by atoms with Crippen LogP contribution >= 0.6 is 23.5 Å². The Morgan fingerprint density at radius 3 is 2.69 bits per heavy atom. The monoisotopic (exact) mass is 557 g/mol. The molecule has 0 radical (unpaired) electrons. The maximum absolute atomic E-state index is 15.2. The summed E-state index contributed by atoms with van der Waals surface area (Å²) in [6, 6.07) is 5.15. The van der Waals surface area contributed by atoms with Gasteiger partial charge in [-0.15, -0.1) is 0 Å². The number of alkyl halides is 1. The maximum atomic E-state index is 15.2. The summed E-state index contributed by atoms with van der Waals surface area (Å²) in [6.45, 7) is 11.7. The van der Waals surface area contributed by atoms with E-state index in [1.807, 2.05) is 0 Å². The van der Waals surface area contributed by atoms with Crippen LogP contribution < -0.4 is 5.73 Å². The first-order valence-electron chi connectivity index (χ1n) is 12.3. The molecule has 11 heteroatoms. The summed E-state index contributed by atoms with van der Waals surface area (Å²) in [5.41, 5.74) is 4.31. The van der Waals surface area contributed by atoms with Gasteiger partial charge in [0.25, 0.3) is 0 Å². The average molecular weight is 558 g/mol. The second-order valence-corrected chi connectivity index (χ2v) is 20.1. The van der Waals surface area contributed by atoms with Gasteiger partial charge in [0.05, 0.1) is 0 Å². The number of rotatable bonds is 7. The largest absolute Gasteiger partial charge is 0.443 e. The zero-order chi connectivity index (χ0) is 26.5. The quantitative estimate of drug-likeness (QED) is 0.193. The van der Waals surface area contributed by atoms with Crippen molar-refractivity contribution < 1.29 is 23.0 Å². The number of carbonyl (C=O) groups is 1. The lowest BCUT2D eigenvalue weighted by Gasteiger charge is -2.38. The highest BCUT2D eigenvalue weighted by atomic mass is 32.2. The van der Waals surface area contributed by atoms with Crippen molar-refractivity contribution in [3.63, 3.8) is 0 Å². The zero-order valence-electron chi connectivity index (χ0n) is 21.9. The van der Waals surface area contributed by atoms with Crippen LogP contribution in [0.1, 0.15) is 26.3 Å². The number of nitrogens with two attached hydrogens (primary N) is 1. The second kappa shape index (κ2) is 9.78. The lowest BCUT2D eigenvalue weighted by molar-refractivity contribution is 0.0109. The molecule has 1 saturated heterocycles. The van der Waals surface area contributed by atoms with E-state index in [0.29, 0.717) is 17.5 Å². The topological polar surface area (TPSA) is 77.1 Å². The smallest absolute Gasteiger partial charge is 0.418 e. The molecule has 2 aliphatic heterocycles. The van der Waals surface area contributed by atoms with Crippen LogP contribution in [0.25, 0.3) is 0 Å². The lowest BCUT2D eigenvalue weighted by Crippen LogP contribution is -2.47. The highest BCUT2D eigenvalue weighted by Crippen LogP contribution is 2.75. The summed E-state index contributed by atoms with van der Waals surface area (Å²) in [5.74, 6) is 1.09. The predicted octanol–water partition coefficient (Wildman–Crippen LogP) is 5.96. The van der Waals surface area contributed by atoms with Crippen molar-refractivity contribution in [3.05, 3.63) is 29.6 Å². The first kappa shape index (κ1) is 27.7. The zero-order valence-corrected chi connectivity index (χ0v) is 24.5. The van der Waals surface area contributed by atoms with Crippen LogP contribution in [0.3, 0.4) is 0 Å². The van der Waals surface area contributed by atoms with Crippen molar-refractivity contribution in [2.45, 2.75) is 62.3 Å². The van der Waals surface area contributed by atoms with Gasteiger partial charge in [0, 0.05) is 42.3 Å². The van der Waals surface area contributed by atoms with Gasteiger partial charge in [-0.05, 0) is 56.7 Å². The van der Waals surface area contributed by atoms with E-state index in [-0.39, 0.29) is 28.9 Å². The molecule has 1 aromatic rings. The fraction of sp³-hybridized carbons (Fsp3) is 0.680. The summed E-state index contributed by atoms with van der Waals surface area (Å²) in [4.78, 5) is 19.6. The molecule has 1 spiro atoms. The molecule has 36 heavy (non-hydrogen) atoms. The third kappa shape index (κ3) is 5.30.